The van der Waals surface area contributed by atoms with Crippen LogP contribution in [0.2, 0.25) is 0 Å². The molecule has 0 aliphatic carbocycles. The van der Waals surface area contributed by atoms with E-state index in [2.05, 4.69) is 106 Å². The third-order valence-corrected chi connectivity index (χ3v) is 14.7. The molecule has 0 aromatic heterocycles. The molecule has 0 spiro atoms. The third kappa shape index (κ3) is 47.6. The fourth-order valence-electron chi connectivity index (χ4n) is 9.60. The van der Waals surface area contributed by atoms with Gasteiger partial charge in [0.25, 0.3) is 0 Å². The van der Waals surface area contributed by atoms with Gasteiger partial charge in [0.1, 0.15) is 18.8 Å². The molecule has 1 heterocycles. The summed E-state index contributed by atoms with van der Waals surface area (Å²) in [5.74, 6) is -3.23. The van der Waals surface area contributed by atoms with Crippen molar-refractivity contribution in [2.45, 2.75) is 314 Å². The molecule has 12 nitrogen and oxygen atoms in total. The van der Waals surface area contributed by atoms with E-state index < -0.39 is 67.3 Å². The van der Waals surface area contributed by atoms with Crippen LogP contribution in [0.5, 0.6) is 0 Å². The summed E-state index contributed by atoms with van der Waals surface area (Å²) in [5, 5.41) is 31.6. The van der Waals surface area contributed by atoms with Crippen molar-refractivity contribution in [2.24, 2.45) is 0 Å². The van der Waals surface area contributed by atoms with Crippen molar-refractivity contribution in [1.29, 1.82) is 0 Å². The van der Waals surface area contributed by atoms with Crippen LogP contribution in [0.25, 0.3) is 0 Å². The number of aliphatic hydroxyl groups excluding tert-OH is 2. The van der Waals surface area contributed by atoms with E-state index >= 15 is 0 Å². The van der Waals surface area contributed by atoms with Crippen molar-refractivity contribution in [2.75, 3.05) is 13.2 Å². The Bertz CT molecular complexity index is 1810. The SMILES string of the molecule is CC/C=C\C/C=C\C/C=C\C/C=C\C/C=C\C/C=C\CCC(=O)OCC(COC1OC(C(=O)O)C(O)C(O)C1OC(=O)CCCCCCCCCCCCCCCCCCC)OC(=O)CCCCCCCCC/C=C\C/C=C\CCCCC. The van der Waals surface area contributed by atoms with E-state index in [0.717, 1.165) is 122 Å². The minimum Gasteiger partial charge on any atom is -0.479 e. The number of allylic oxidation sites excluding steroid dienone is 16. The lowest BCUT2D eigenvalue weighted by Gasteiger charge is -2.40. The number of hydrogen-bond acceptors (Lipinski definition) is 11. The van der Waals surface area contributed by atoms with Crippen molar-refractivity contribution in [3.05, 3.63) is 97.2 Å². The van der Waals surface area contributed by atoms with E-state index in [-0.39, 0.29) is 25.9 Å². The number of carboxylic acid groups (broad SMARTS) is 1. The third-order valence-electron chi connectivity index (χ3n) is 14.7. The van der Waals surface area contributed by atoms with Gasteiger partial charge in [0.15, 0.2) is 24.6 Å². The van der Waals surface area contributed by atoms with Gasteiger partial charge in [-0.3, -0.25) is 14.4 Å². The number of ether oxygens (including phenoxy) is 5. The van der Waals surface area contributed by atoms with Crippen LogP contribution in [-0.4, -0.2) is 89.2 Å². The lowest BCUT2D eigenvalue weighted by atomic mass is 9.98. The first-order valence-electron chi connectivity index (χ1n) is 33.2. The predicted octanol–water partition coefficient (Wildman–Crippen LogP) is 18.0. The maximum absolute atomic E-state index is 13.2. The van der Waals surface area contributed by atoms with Crippen LogP contribution in [0.4, 0.5) is 0 Å². The van der Waals surface area contributed by atoms with Crippen LogP contribution < -0.4 is 0 Å². The summed E-state index contributed by atoms with van der Waals surface area (Å²) < 4.78 is 28.5. The Morgan fingerprint density at radius 2 is 0.783 bits per heavy atom. The summed E-state index contributed by atoms with van der Waals surface area (Å²) in [6.45, 7) is 5.82. The van der Waals surface area contributed by atoms with E-state index in [9.17, 15) is 34.5 Å². The molecule has 0 aromatic rings. The summed E-state index contributed by atoms with van der Waals surface area (Å²) >= 11 is 0. The molecule has 1 aliphatic rings. The predicted molar refractivity (Wildman–Crippen MR) is 340 cm³/mol. The topological polar surface area (TPSA) is 175 Å². The standard InChI is InChI=1S/C71H118O12/c1-4-7-10-13-16-19-22-25-28-31-32-35-36-39-42-45-48-51-54-57-63(72)79-60-62(81-64(73)58-55-52-49-46-43-40-37-33-29-26-23-20-17-14-11-8-5-2)61-80-71-69(67(76)66(75)68(83-71)70(77)78)82-65(74)59-56-53-50-47-44-41-38-34-30-27-24-21-18-15-12-9-6-3/h7,10,16-17,19-20,25-26,28-29,32,35,39,42,48,51,62,66-69,71,75-76H,4-6,8-9,11-15,18,21-24,27,30-31,33-34,36-38,40-41,43-47,49-50,52-61H2,1-3H3,(H,77,78)/b10-7-,19-16-,20-17-,28-25-,29-26-,35-32-,42-39-,51-48-. The number of carbonyl (C=O) groups excluding carboxylic acids is 3. The molecule has 0 saturated carbocycles. The lowest BCUT2D eigenvalue weighted by molar-refractivity contribution is -0.301. The molecule has 0 aromatic carbocycles. The molecular formula is C71H118O12. The Balaban J connectivity index is 2.71. The van der Waals surface area contributed by atoms with Crippen LogP contribution in [0.15, 0.2) is 97.2 Å². The van der Waals surface area contributed by atoms with Crippen LogP contribution >= 0.6 is 0 Å². The fraction of sp³-hybridized carbons (Fsp3) is 0.718. The monoisotopic (exact) mass is 1160 g/mol. The zero-order chi connectivity index (χ0) is 60.3. The van der Waals surface area contributed by atoms with Crippen molar-refractivity contribution < 1.29 is 58.2 Å². The summed E-state index contributed by atoms with van der Waals surface area (Å²) in [6.07, 6.45) is 65.2. The lowest BCUT2D eigenvalue weighted by Crippen LogP contribution is -2.61. The molecule has 12 heteroatoms. The Morgan fingerprint density at radius 1 is 0.410 bits per heavy atom. The minimum absolute atomic E-state index is 0.0525. The summed E-state index contributed by atoms with van der Waals surface area (Å²) in [5.41, 5.74) is 0. The van der Waals surface area contributed by atoms with Gasteiger partial charge in [0.2, 0.25) is 0 Å². The van der Waals surface area contributed by atoms with Gasteiger partial charge >= 0.3 is 23.9 Å². The highest BCUT2D eigenvalue weighted by molar-refractivity contribution is 5.74. The van der Waals surface area contributed by atoms with Crippen molar-refractivity contribution >= 4 is 23.9 Å². The normalized spacial score (nSPS) is 18.2. The second-order valence-corrected chi connectivity index (χ2v) is 22.4. The van der Waals surface area contributed by atoms with E-state index in [1.807, 2.05) is 12.2 Å². The molecular weight excluding hydrogens is 1040 g/mol. The number of carbonyl (C=O) groups is 4. The van der Waals surface area contributed by atoms with Gasteiger partial charge in [-0.25, -0.2) is 4.79 Å². The first kappa shape index (κ1) is 76.7. The molecule has 1 fully saturated rings. The van der Waals surface area contributed by atoms with Gasteiger partial charge in [-0.1, -0.05) is 266 Å². The van der Waals surface area contributed by atoms with Gasteiger partial charge in [0, 0.05) is 19.3 Å². The Labute approximate surface area is 504 Å². The van der Waals surface area contributed by atoms with Gasteiger partial charge in [-0.05, 0) is 89.9 Å². The molecule has 1 saturated heterocycles. The fourth-order valence-corrected chi connectivity index (χ4v) is 9.60. The van der Waals surface area contributed by atoms with E-state index in [1.165, 1.54) is 96.3 Å². The number of hydrogen-bond donors (Lipinski definition) is 3. The van der Waals surface area contributed by atoms with Gasteiger partial charge in [0.05, 0.1) is 6.61 Å². The van der Waals surface area contributed by atoms with Gasteiger partial charge in [-0.15, -0.1) is 0 Å². The van der Waals surface area contributed by atoms with E-state index in [0.29, 0.717) is 19.3 Å². The average molecular weight is 1160 g/mol. The largest absolute Gasteiger partial charge is 0.479 e. The Morgan fingerprint density at radius 3 is 1.23 bits per heavy atom. The maximum Gasteiger partial charge on any atom is 0.335 e. The number of unbranched alkanes of at least 4 members (excludes halogenated alkanes) is 26. The highest BCUT2D eigenvalue weighted by Gasteiger charge is 2.50. The van der Waals surface area contributed by atoms with Gasteiger partial charge < -0.3 is 39.0 Å². The number of aliphatic carboxylic acids is 1. The molecule has 1 rings (SSSR count). The van der Waals surface area contributed by atoms with Crippen LogP contribution in [0, 0.1) is 0 Å². The first-order chi connectivity index (χ1) is 40.6. The van der Waals surface area contributed by atoms with Crippen LogP contribution in [0.1, 0.15) is 278 Å². The zero-order valence-electron chi connectivity index (χ0n) is 52.4. The molecule has 474 valence electrons. The average Bonchev–Trinajstić information content (AvgIpc) is 3.59. The van der Waals surface area contributed by atoms with Crippen molar-refractivity contribution in [1.82, 2.24) is 0 Å². The Kier molecular flexibility index (Phi) is 53.6. The molecule has 1 aliphatic heterocycles. The number of aliphatic hydroxyl groups is 2. The van der Waals surface area contributed by atoms with Crippen molar-refractivity contribution in [3.8, 4) is 0 Å². The molecule has 83 heavy (non-hydrogen) atoms. The molecule has 0 amide bonds. The second kappa shape index (κ2) is 58.0. The smallest absolute Gasteiger partial charge is 0.335 e. The minimum atomic E-state index is -1.92. The summed E-state index contributed by atoms with van der Waals surface area (Å²) in [7, 11) is 0. The number of esters is 3. The van der Waals surface area contributed by atoms with Gasteiger partial charge in [-0.2, -0.15) is 0 Å². The zero-order valence-corrected chi connectivity index (χ0v) is 52.4. The summed E-state index contributed by atoms with van der Waals surface area (Å²) in [6, 6.07) is 0. The molecule has 0 bridgehead atoms. The number of carboxylic acids is 1. The Hall–Kier alpha value is -4.36. The van der Waals surface area contributed by atoms with Crippen LogP contribution in [-0.2, 0) is 42.9 Å². The first-order valence-corrected chi connectivity index (χ1v) is 33.2. The van der Waals surface area contributed by atoms with E-state index in [1.54, 1.807) is 0 Å². The highest BCUT2D eigenvalue weighted by atomic mass is 16.7. The molecule has 6 unspecified atom stereocenters. The summed E-state index contributed by atoms with van der Waals surface area (Å²) in [4.78, 5) is 51.3. The van der Waals surface area contributed by atoms with Crippen molar-refractivity contribution in [3.63, 3.8) is 0 Å². The molecule has 3 N–H and O–H groups in total. The number of rotatable bonds is 56. The van der Waals surface area contributed by atoms with Crippen LogP contribution in [0.3, 0.4) is 0 Å². The maximum atomic E-state index is 13.2. The van der Waals surface area contributed by atoms with E-state index in [4.69, 9.17) is 23.7 Å². The molecule has 0 radical (unpaired) electrons. The quantitative estimate of drug-likeness (QED) is 0.0228. The molecule has 6 atom stereocenters. The second-order valence-electron chi connectivity index (χ2n) is 22.4. The highest BCUT2D eigenvalue weighted by Crippen LogP contribution is 2.27.